The summed E-state index contributed by atoms with van der Waals surface area (Å²) in [5, 5.41) is 0. The Morgan fingerprint density at radius 1 is 1.25 bits per heavy atom. The fourth-order valence-corrected chi connectivity index (χ4v) is 2.24. The molecule has 0 aliphatic carbocycles. The van der Waals surface area contributed by atoms with Gasteiger partial charge in [-0.3, -0.25) is 0 Å². The van der Waals surface area contributed by atoms with Crippen molar-refractivity contribution in [1.82, 2.24) is 0 Å². The Kier molecular flexibility index (Phi) is 3.91. The molecule has 1 aromatic carbocycles. The van der Waals surface area contributed by atoms with E-state index in [1.54, 1.807) is 7.11 Å². The van der Waals surface area contributed by atoms with Crippen LogP contribution in [-0.2, 0) is 0 Å². The molecule has 12 heavy (non-hydrogen) atoms. The van der Waals surface area contributed by atoms with Gasteiger partial charge in [-0.05, 0) is 0 Å². The van der Waals surface area contributed by atoms with Crippen LogP contribution in [0.15, 0.2) is 24.3 Å². The number of rotatable bonds is 3. The SMILES string of the molecule is COc1ccc(C(C)[Te]C)cc1. The second-order valence-electron chi connectivity index (χ2n) is 2.65. The molecule has 0 N–H and O–H groups in total. The molecule has 0 heterocycles. The summed E-state index contributed by atoms with van der Waals surface area (Å²) in [5.41, 5.74) is 1.45. The molecular weight excluding hydrogens is 264 g/mol. The van der Waals surface area contributed by atoms with Gasteiger partial charge in [0, 0.05) is 0 Å². The van der Waals surface area contributed by atoms with Gasteiger partial charge in [-0.1, -0.05) is 0 Å². The zero-order valence-electron chi connectivity index (χ0n) is 7.70. The molecule has 0 aromatic heterocycles. The number of methoxy groups -OCH3 is 1. The average Bonchev–Trinajstić information content (AvgIpc) is 2.17. The Labute approximate surface area is 84.2 Å². The molecule has 0 saturated carbocycles. The summed E-state index contributed by atoms with van der Waals surface area (Å²) in [4.78, 5) is 2.33. The van der Waals surface area contributed by atoms with E-state index in [0.29, 0.717) is 0 Å². The fraction of sp³-hybridized carbons (Fsp3) is 0.400. The molecule has 66 valence electrons. The summed E-state index contributed by atoms with van der Waals surface area (Å²) in [5.74, 6) is 0.947. The van der Waals surface area contributed by atoms with Crippen molar-refractivity contribution < 1.29 is 4.74 Å². The fourth-order valence-electron chi connectivity index (χ4n) is 1.01. The molecule has 0 bridgehead atoms. The third-order valence-electron chi connectivity index (χ3n) is 1.94. The van der Waals surface area contributed by atoms with Crippen LogP contribution in [0.3, 0.4) is 0 Å². The first-order valence-corrected chi connectivity index (χ1v) is 7.62. The first-order valence-electron chi connectivity index (χ1n) is 3.94. The molecule has 0 amide bonds. The first kappa shape index (κ1) is 9.89. The van der Waals surface area contributed by atoms with E-state index in [-0.39, 0.29) is 20.9 Å². The van der Waals surface area contributed by atoms with Crippen molar-refractivity contribution in [2.24, 2.45) is 0 Å². The van der Waals surface area contributed by atoms with E-state index in [4.69, 9.17) is 4.74 Å². The van der Waals surface area contributed by atoms with Gasteiger partial charge in [0.05, 0.1) is 0 Å². The average molecular weight is 278 g/mol. The second kappa shape index (κ2) is 4.74. The van der Waals surface area contributed by atoms with Crippen LogP contribution in [-0.4, -0.2) is 28.0 Å². The topological polar surface area (TPSA) is 9.23 Å². The molecule has 1 rings (SSSR count). The maximum absolute atomic E-state index is 5.09. The molecule has 0 spiro atoms. The Morgan fingerprint density at radius 3 is 2.25 bits per heavy atom. The second-order valence-corrected chi connectivity index (χ2v) is 6.01. The summed E-state index contributed by atoms with van der Waals surface area (Å²) >= 11 is 0.151. The van der Waals surface area contributed by atoms with E-state index >= 15 is 0 Å². The van der Waals surface area contributed by atoms with Gasteiger partial charge in [0.25, 0.3) is 0 Å². The van der Waals surface area contributed by atoms with E-state index in [2.05, 4.69) is 24.0 Å². The third kappa shape index (κ3) is 2.40. The number of hydrogen-bond donors (Lipinski definition) is 0. The van der Waals surface area contributed by atoms with Crippen molar-refractivity contribution in [2.45, 2.75) is 15.9 Å². The maximum atomic E-state index is 5.09. The third-order valence-corrected chi connectivity index (χ3v) is 4.73. The molecule has 2 heteroatoms. The summed E-state index contributed by atoms with van der Waals surface area (Å²) in [6, 6.07) is 8.40. The molecule has 1 nitrogen and oxygen atoms in total. The molecule has 1 unspecified atom stereocenters. The minimum absolute atomic E-state index is 0.151. The van der Waals surface area contributed by atoms with Crippen LogP contribution >= 0.6 is 0 Å². The standard InChI is InChI=1S/C10H14OTe/c1-8(12-3)9-4-6-10(11-2)7-5-9/h4-8H,1-3H3. The van der Waals surface area contributed by atoms with Crippen molar-refractivity contribution in [3.05, 3.63) is 29.8 Å². The molecule has 0 aliphatic rings. The van der Waals surface area contributed by atoms with E-state index in [9.17, 15) is 0 Å². The summed E-state index contributed by atoms with van der Waals surface area (Å²) < 4.78 is 5.87. The van der Waals surface area contributed by atoms with Gasteiger partial charge in [0.2, 0.25) is 0 Å². The van der Waals surface area contributed by atoms with Crippen LogP contribution in [0.1, 0.15) is 16.5 Å². The monoisotopic (exact) mass is 280 g/mol. The molecule has 0 radical (unpaired) electrons. The Bertz CT molecular complexity index is 230. The number of hydrogen-bond acceptors (Lipinski definition) is 1. The Hall–Kier alpha value is -0.190. The van der Waals surface area contributed by atoms with E-state index in [1.807, 2.05) is 12.1 Å². The summed E-state index contributed by atoms with van der Waals surface area (Å²) in [6.07, 6.45) is 0. The van der Waals surface area contributed by atoms with Crippen LogP contribution in [0.25, 0.3) is 0 Å². The summed E-state index contributed by atoms with van der Waals surface area (Å²) in [6.45, 7) is 2.30. The predicted molar refractivity (Wildman–Crippen MR) is 53.0 cm³/mol. The van der Waals surface area contributed by atoms with E-state index in [1.165, 1.54) is 5.56 Å². The van der Waals surface area contributed by atoms with Crippen molar-refractivity contribution in [3.8, 4) is 5.75 Å². The van der Waals surface area contributed by atoms with Crippen LogP contribution in [0.5, 0.6) is 5.75 Å². The Morgan fingerprint density at radius 2 is 1.83 bits per heavy atom. The van der Waals surface area contributed by atoms with Crippen LogP contribution in [0.2, 0.25) is 4.97 Å². The molecule has 1 atom stereocenters. The van der Waals surface area contributed by atoms with Gasteiger partial charge in [0.15, 0.2) is 0 Å². The van der Waals surface area contributed by atoms with Crippen molar-refractivity contribution in [3.63, 3.8) is 0 Å². The molecule has 0 saturated heterocycles. The van der Waals surface area contributed by atoms with Gasteiger partial charge in [-0.2, -0.15) is 0 Å². The van der Waals surface area contributed by atoms with Gasteiger partial charge >= 0.3 is 84.2 Å². The van der Waals surface area contributed by atoms with Gasteiger partial charge in [-0.15, -0.1) is 0 Å². The van der Waals surface area contributed by atoms with E-state index < -0.39 is 0 Å². The summed E-state index contributed by atoms with van der Waals surface area (Å²) in [7, 11) is 1.70. The zero-order chi connectivity index (χ0) is 8.97. The first-order chi connectivity index (χ1) is 5.77. The van der Waals surface area contributed by atoms with Crippen molar-refractivity contribution >= 4 is 20.9 Å². The quantitative estimate of drug-likeness (QED) is 0.772. The van der Waals surface area contributed by atoms with Crippen LogP contribution in [0, 0.1) is 0 Å². The number of benzene rings is 1. The molecule has 0 aliphatic heterocycles. The van der Waals surface area contributed by atoms with Gasteiger partial charge in [0.1, 0.15) is 0 Å². The Balaban J connectivity index is 2.77. The zero-order valence-corrected chi connectivity index (χ0v) is 10.0. The van der Waals surface area contributed by atoms with Crippen molar-refractivity contribution in [1.29, 1.82) is 0 Å². The van der Waals surface area contributed by atoms with E-state index in [0.717, 1.165) is 9.72 Å². The predicted octanol–water partition coefficient (Wildman–Crippen LogP) is 2.51. The van der Waals surface area contributed by atoms with Crippen molar-refractivity contribution in [2.75, 3.05) is 7.11 Å². The van der Waals surface area contributed by atoms with Gasteiger partial charge in [-0.25, -0.2) is 0 Å². The molecule has 1 aromatic rings. The van der Waals surface area contributed by atoms with Crippen LogP contribution in [0.4, 0.5) is 0 Å². The van der Waals surface area contributed by atoms with Crippen LogP contribution < -0.4 is 4.74 Å². The minimum atomic E-state index is 0.151. The molecule has 0 fully saturated rings. The normalized spacial score (nSPS) is 12.6. The van der Waals surface area contributed by atoms with Gasteiger partial charge < -0.3 is 0 Å². The molecular formula is C10H14OTe. The number of ether oxygens (including phenoxy) is 1.